The Bertz CT molecular complexity index is 346. The smallest absolute Gasteiger partial charge is 0.119 e. The maximum Gasteiger partial charge on any atom is 0.119 e. The zero-order valence-corrected chi connectivity index (χ0v) is 10.8. The van der Waals surface area contributed by atoms with Crippen LogP contribution in [0, 0.1) is 5.92 Å². The van der Waals surface area contributed by atoms with Crippen LogP contribution in [0.25, 0.3) is 0 Å². The van der Waals surface area contributed by atoms with E-state index < -0.39 is 0 Å². The molecule has 2 unspecified atom stereocenters. The summed E-state index contributed by atoms with van der Waals surface area (Å²) >= 11 is 5.91. The van der Waals surface area contributed by atoms with Crippen molar-refractivity contribution in [2.24, 2.45) is 5.92 Å². The summed E-state index contributed by atoms with van der Waals surface area (Å²) in [7, 11) is 0. The summed E-state index contributed by atoms with van der Waals surface area (Å²) in [5.74, 6) is 2.39. The van der Waals surface area contributed by atoms with Crippen LogP contribution in [0.5, 0.6) is 5.75 Å². The number of benzene rings is 1. The van der Waals surface area contributed by atoms with Gasteiger partial charge in [0.2, 0.25) is 0 Å². The van der Waals surface area contributed by atoms with E-state index in [9.17, 15) is 0 Å². The van der Waals surface area contributed by atoms with Crippen LogP contribution in [0.2, 0.25) is 0 Å². The summed E-state index contributed by atoms with van der Waals surface area (Å²) in [6, 6.07) is 8.49. The van der Waals surface area contributed by atoms with E-state index in [-0.39, 0.29) is 0 Å². The lowest BCUT2D eigenvalue weighted by Gasteiger charge is -2.12. The monoisotopic (exact) mass is 238 g/mol. The van der Waals surface area contributed by atoms with Crippen LogP contribution in [0.1, 0.15) is 32.3 Å². The summed E-state index contributed by atoms with van der Waals surface area (Å²) in [6.45, 7) is 5.20. The minimum Gasteiger partial charge on any atom is -0.494 e. The predicted molar refractivity (Wildman–Crippen MR) is 68.4 cm³/mol. The molecule has 0 amide bonds. The van der Waals surface area contributed by atoms with E-state index in [0.717, 1.165) is 24.7 Å². The topological polar surface area (TPSA) is 9.23 Å². The second-order valence-electron chi connectivity index (χ2n) is 4.85. The highest BCUT2D eigenvalue weighted by atomic mass is 35.5. The van der Waals surface area contributed by atoms with Crippen molar-refractivity contribution < 1.29 is 4.74 Å². The highest BCUT2D eigenvalue weighted by molar-refractivity contribution is 6.18. The Morgan fingerprint density at radius 2 is 2.06 bits per heavy atom. The number of rotatable bonds is 5. The van der Waals surface area contributed by atoms with Gasteiger partial charge in [-0.2, -0.15) is 0 Å². The molecule has 0 saturated heterocycles. The van der Waals surface area contributed by atoms with E-state index in [2.05, 4.69) is 38.1 Å². The first-order valence-corrected chi connectivity index (χ1v) is 6.53. The van der Waals surface area contributed by atoms with Crippen LogP contribution in [-0.2, 0) is 5.41 Å². The number of hydrogen-bond donors (Lipinski definition) is 0. The fourth-order valence-corrected chi connectivity index (χ4v) is 2.63. The van der Waals surface area contributed by atoms with Crippen molar-refractivity contribution in [3.05, 3.63) is 29.8 Å². The Hall–Kier alpha value is -0.690. The lowest BCUT2D eigenvalue weighted by atomic mass is 9.96. The van der Waals surface area contributed by atoms with Gasteiger partial charge in [0.1, 0.15) is 5.75 Å². The Balaban J connectivity index is 2.03. The first-order chi connectivity index (χ1) is 7.70. The van der Waals surface area contributed by atoms with Gasteiger partial charge in [-0.25, -0.2) is 0 Å². The number of ether oxygens (including phenoxy) is 1. The zero-order chi connectivity index (χ0) is 11.6. The van der Waals surface area contributed by atoms with Gasteiger partial charge in [-0.1, -0.05) is 26.0 Å². The first kappa shape index (κ1) is 11.8. The van der Waals surface area contributed by atoms with E-state index in [4.69, 9.17) is 16.3 Å². The fourth-order valence-electron chi connectivity index (χ4n) is 2.18. The number of hydrogen-bond acceptors (Lipinski definition) is 1. The maximum absolute atomic E-state index is 5.91. The van der Waals surface area contributed by atoms with Crippen molar-refractivity contribution in [2.45, 2.75) is 32.1 Å². The molecule has 1 nitrogen and oxygen atoms in total. The molecule has 0 aliphatic heterocycles. The molecule has 2 rings (SSSR count). The average molecular weight is 239 g/mol. The molecule has 1 aliphatic rings. The molecule has 88 valence electrons. The van der Waals surface area contributed by atoms with Crippen molar-refractivity contribution >= 4 is 11.6 Å². The maximum atomic E-state index is 5.91. The van der Waals surface area contributed by atoms with Crippen molar-refractivity contribution in [2.75, 3.05) is 12.5 Å². The van der Waals surface area contributed by atoms with Crippen molar-refractivity contribution in [3.63, 3.8) is 0 Å². The van der Waals surface area contributed by atoms with Gasteiger partial charge in [0.15, 0.2) is 0 Å². The Morgan fingerprint density at radius 3 is 2.56 bits per heavy atom. The van der Waals surface area contributed by atoms with E-state index in [0.29, 0.717) is 11.3 Å². The molecule has 1 aromatic rings. The van der Waals surface area contributed by atoms with Crippen LogP contribution in [-0.4, -0.2) is 12.5 Å². The highest BCUT2D eigenvalue weighted by Crippen LogP contribution is 2.54. The lowest BCUT2D eigenvalue weighted by molar-refractivity contribution is 0.317. The van der Waals surface area contributed by atoms with Gasteiger partial charge >= 0.3 is 0 Å². The molecule has 0 heterocycles. The van der Waals surface area contributed by atoms with Gasteiger partial charge in [-0.05, 0) is 41.9 Å². The molecule has 0 aromatic heterocycles. The Labute approximate surface area is 103 Å². The zero-order valence-electron chi connectivity index (χ0n) is 10.0. The van der Waals surface area contributed by atoms with E-state index in [1.54, 1.807) is 0 Å². The third-order valence-electron chi connectivity index (χ3n) is 3.58. The Kier molecular flexibility index (Phi) is 3.44. The summed E-state index contributed by atoms with van der Waals surface area (Å²) < 4.78 is 5.57. The lowest BCUT2D eigenvalue weighted by Crippen LogP contribution is -2.05. The van der Waals surface area contributed by atoms with Gasteiger partial charge in [0.05, 0.1) is 6.61 Å². The summed E-state index contributed by atoms with van der Waals surface area (Å²) in [4.78, 5) is 0. The first-order valence-electron chi connectivity index (χ1n) is 6.00. The summed E-state index contributed by atoms with van der Waals surface area (Å²) in [5, 5.41) is 0. The minimum absolute atomic E-state index is 0.311. The molecule has 2 heteroatoms. The van der Waals surface area contributed by atoms with Crippen LogP contribution in [0.15, 0.2) is 24.3 Å². The van der Waals surface area contributed by atoms with Gasteiger partial charge in [0.25, 0.3) is 0 Å². The number of halogens is 1. The summed E-state index contributed by atoms with van der Waals surface area (Å²) in [6.07, 6.45) is 2.26. The average Bonchev–Trinajstić information content (AvgIpc) is 3.00. The van der Waals surface area contributed by atoms with Crippen LogP contribution < -0.4 is 4.74 Å². The molecular weight excluding hydrogens is 220 g/mol. The molecule has 0 N–H and O–H groups in total. The van der Waals surface area contributed by atoms with Crippen LogP contribution in [0.3, 0.4) is 0 Å². The van der Waals surface area contributed by atoms with Crippen LogP contribution >= 0.6 is 11.6 Å². The largest absolute Gasteiger partial charge is 0.494 e. The van der Waals surface area contributed by atoms with E-state index in [1.165, 1.54) is 12.0 Å². The molecular formula is C14H19ClO. The third kappa shape index (κ3) is 2.20. The molecule has 2 atom stereocenters. The second-order valence-corrected chi connectivity index (χ2v) is 5.15. The van der Waals surface area contributed by atoms with Gasteiger partial charge in [0, 0.05) is 5.88 Å². The molecule has 0 spiro atoms. The highest BCUT2D eigenvalue weighted by Gasteiger charge is 2.50. The Morgan fingerprint density at radius 1 is 1.38 bits per heavy atom. The SMILES string of the molecule is CCCOc1ccc(C2(C)CC2CCl)cc1. The fraction of sp³-hybridized carbons (Fsp3) is 0.571. The van der Waals surface area contributed by atoms with Crippen molar-refractivity contribution in [1.82, 2.24) is 0 Å². The van der Waals surface area contributed by atoms with Gasteiger partial charge in [-0.3, -0.25) is 0 Å². The predicted octanol–water partition coefficient (Wildman–Crippen LogP) is 3.99. The molecule has 0 bridgehead atoms. The third-order valence-corrected chi connectivity index (χ3v) is 3.96. The molecule has 1 saturated carbocycles. The molecule has 1 aliphatic carbocycles. The number of alkyl halides is 1. The summed E-state index contributed by atoms with van der Waals surface area (Å²) in [5.41, 5.74) is 1.70. The normalized spacial score (nSPS) is 27.8. The van der Waals surface area contributed by atoms with Crippen LogP contribution in [0.4, 0.5) is 0 Å². The molecule has 16 heavy (non-hydrogen) atoms. The molecule has 1 aromatic carbocycles. The molecule has 0 radical (unpaired) electrons. The van der Waals surface area contributed by atoms with Crippen molar-refractivity contribution in [3.8, 4) is 5.75 Å². The standard InChI is InChI=1S/C14H19ClO/c1-3-8-16-13-6-4-11(5-7-13)14(2)9-12(14)10-15/h4-7,12H,3,8-10H2,1-2H3. The van der Waals surface area contributed by atoms with E-state index >= 15 is 0 Å². The van der Waals surface area contributed by atoms with E-state index in [1.807, 2.05) is 0 Å². The second kappa shape index (κ2) is 4.67. The van der Waals surface area contributed by atoms with Gasteiger partial charge in [-0.15, -0.1) is 11.6 Å². The minimum atomic E-state index is 0.311. The molecule has 1 fully saturated rings. The van der Waals surface area contributed by atoms with Gasteiger partial charge < -0.3 is 4.74 Å². The van der Waals surface area contributed by atoms with Crippen molar-refractivity contribution in [1.29, 1.82) is 0 Å². The quantitative estimate of drug-likeness (QED) is 0.705.